The summed E-state index contributed by atoms with van der Waals surface area (Å²) in [6.07, 6.45) is 6.53. The second-order valence-electron chi connectivity index (χ2n) is 6.13. The minimum Gasteiger partial charge on any atom is -0.497 e. The Morgan fingerprint density at radius 3 is 2.70 bits per heavy atom. The molecule has 20 heavy (non-hydrogen) atoms. The molecule has 2 aliphatic carbocycles. The normalized spacial score (nSPS) is 26.2. The number of hydrogen-bond donors (Lipinski definition) is 1. The van der Waals surface area contributed by atoms with Crippen LogP contribution in [0.5, 0.6) is 5.75 Å². The summed E-state index contributed by atoms with van der Waals surface area (Å²) in [5.41, 5.74) is 9.25. The quantitative estimate of drug-likeness (QED) is 0.917. The number of nitrogens with two attached hydrogens (primary N) is 1. The molecule has 0 amide bonds. The average Bonchev–Trinajstić information content (AvgIpc) is 3.10. The van der Waals surface area contributed by atoms with Crippen molar-refractivity contribution >= 4 is 0 Å². The maximum absolute atomic E-state index is 6.56. The van der Waals surface area contributed by atoms with Crippen LogP contribution in [-0.4, -0.2) is 30.6 Å². The van der Waals surface area contributed by atoms with Crippen molar-refractivity contribution < 1.29 is 4.74 Å². The van der Waals surface area contributed by atoms with Gasteiger partial charge in [0.2, 0.25) is 0 Å². The van der Waals surface area contributed by atoms with Gasteiger partial charge in [-0.3, -0.25) is 4.90 Å². The number of hydrogen-bond acceptors (Lipinski definition) is 3. The van der Waals surface area contributed by atoms with E-state index in [9.17, 15) is 0 Å². The topological polar surface area (TPSA) is 38.5 Å². The van der Waals surface area contributed by atoms with Gasteiger partial charge in [0.05, 0.1) is 7.11 Å². The predicted octanol–water partition coefficient (Wildman–Crippen LogP) is 2.88. The van der Waals surface area contributed by atoms with E-state index in [1.807, 2.05) is 0 Å². The fraction of sp³-hybridized carbons (Fsp3) is 0.647. The van der Waals surface area contributed by atoms with Gasteiger partial charge in [-0.1, -0.05) is 25.8 Å². The molecule has 2 unspecified atom stereocenters. The van der Waals surface area contributed by atoms with Gasteiger partial charge < -0.3 is 10.5 Å². The minimum atomic E-state index is 0.126. The monoisotopic (exact) mass is 274 g/mol. The number of likely N-dealkylation sites (N-methyl/N-ethyl adjacent to an activating group) is 1. The van der Waals surface area contributed by atoms with Gasteiger partial charge in [-0.25, -0.2) is 0 Å². The van der Waals surface area contributed by atoms with Crippen LogP contribution in [0.2, 0.25) is 0 Å². The Morgan fingerprint density at radius 2 is 2.05 bits per heavy atom. The summed E-state index contributed by atoms with van der Waals surface area (Å²) >= 11 is 0. The standard InChI is InChI=1S/C17H26N2O/c1-3-19(13-6-4-5-7-13)16-10-12-8-9-14(20-2)11-15(12)17(16)18/h8-9,11,13,16-17H,3-7,10,18H2,1-2H3. The molecule has 3 rings (SSSR count). The number of rotatable bonds is 4. The van der Waals surface area contributed by atoms with Gasteiger partial charge in [-0.15, -0.1) is 0 Å². The first-order valence-electron chi connectivity index (χ1n) is 7.92. The van der Waals surface area contributed by atoms with Crippen LogP contribution in [0.4, 0.5) is 0 Å². The second-order valence-corrected chi connectivity index (χ2v) is 6.13. The third-order valence-corrected chi connectivity index (χ3v) is 5.14. The van der Waals surface area contributed by atoms with E-state index in [1.54, 1.807) is 7.11 Å². The summed E-state index contributed by atoms with van der Waals surface area (Å²) < 4.78 is 5.34. The molecule has 3 nitrogen and oxygen atoms in total. The molecule has 0 saturated heterocycles. The molecule has 1 saturated carbocycles. The molecular weight excluding hydrogens is 248 g/mol. The van der Waals surface area contributed by atoms with E-state index in [1.165, 1.54) is 36.8 Å². The van der Waals surface area contributed by atoms with Crippen molar-refractivity contribution in [2.75, 3.05) is 13.7 Å². The van der Waals surface area contributed by atoms with Gasteiger partial charge in [-0.05, 0) is 49.1 Å². The molecule has 110 valence electrons. The first kappa shape index (κ1) is 13.9. The summed E-state index contributed by atoms with van der Waals surface area (Å²) in [6.45, 7) is 3.38. The molecule has 0 radical (unpaired) electrons. The third kappa shape index (κ3) is 2.33. The molecule has 2 N–H and O–H groups in total. The van der Waals surface area contributed by atoms with Crippen molar-refractivity contribution in [2.24, 2.45) is 5.73 Å². The highest BCUT2D eigenvalue weighted by Gasteiger charge is 2.37. The van der Waals surface area contributed by atoms with Crippen molar-refractivity contribution in [1.82, 2.24) is 4.90 Å². The molecule has 0 aromatic heterocycles. The zero-order valence-corrected chi connectivity index (χ0v) is 12.6. The van der Waals surface area contributed by atoms with Crippen LogP contribution in [0.15, 0.2) is 18.2 Å². The van der Waals surface area contributed by atoms with Crippen LogP contribution in [-0.2, 0) is 6.42 Å². The maximum Gasteiger partial charge on any atom is 0.119 e. The minimum absolute atomic E-state index is 0.126. The Morgan fingerprint density at radius 1 is 1.30 bits per heavy atom. The van der Waals surface area contributed by atoms with E-state index in [4.69, 9.17) is 10.5 Å². The van der Waals surface area contributed by atoms with Crippen LogP contribution >= 0.6 is 0 Å². The number of ether oxygens (including phenoxy) is 1. The van der Waals surface area contributed by atoms with Crippen molar-refractivity contribution in [3.8, 4) is 5.75 Å². The maximum atomic E-state index is 6.56. The number of fused-ring (bicyclic) bond motifs is 1. The Balaban J connectivity index is 1.82. The lowest BCUT2D eigenvalue weighted by molar-refractivity contribution is 0.130. The lowest BCUT2D eigenvalue weighted by Crippen LogP contribution is -2.46. The van der Waals surface area contributed by atoms with Gasteiger partial charge in [0.15, 0.2) is 0 Å². The molecule has 3 heteroatoms. The highest BCUT2D eigenvalue weighted by Crippen LogP contribution is 2.37. The molecule has 0 bridgehead atoms. The highest BCUT2D eigenvalue weighted by molar-refractivity contribution is 5.42. The van der Waals surface area contributed by atoms with E-state index in [-0.39, 0.29) is 6.04 Å². The van der Waals surface area contributed by atoms with E-state index < -0.39 is 0 Å². The zero-order valence-electron chi connectivity index (χ0n) is 12.6. The van der Waals surface area contributed by atoms with E-state index in [2.05, 4.69) is 30.0 Å². The largest absolute Gasteiger partial charge is 0.497 e. The molecular formula is C17H26N2O. The molecule has 1 aromatic rings. The van der Waals surface area contributed by atoms with Crippen molar-refractivity contribution in [3.05, 3.63) is 29.3 Å². The second kappa shape index (κ2) is 5.74. The van der Waals surface area contributed by atoms with Gasteiger partial charge >= 0.3 is 0 Å². The molecule has 2 atom stereocenters. The lowest BCUT2D eigenvalue weighted by atomic mass is 10.0. The van der Waals surface area contributed by atoms with Crippen LogP contribution in [0.1, 0.15) is 49.8 Å². The summed E-state index contributed by atoms with van der Waals surface area (Å²) in [4.78, 5) is 2.66. The number of benzene rings is 1. The first-order valence-corrected chi connectivity index (χ1v) is 7.92. The molecule has 0 spiro atoms. The molecule has 1 aromatic carbocycles. The Kier molecular flexibility index (Phi) is 3.99. The molecule has 0 heterocycles. The molecule has 1 fully saturated rings. The SMILES string of the molecule is CCN(C1CCCC1)C1Cc2ccc(OC)cc2C1N. The van der Waals surface area contributed by atoms with E-state index >= 15 is 0 Å². The van der Waals surface area contributed by atoms with Gasteiger partial charge in [0.25, 0.3) is 0 Å². The number of nitrogens with zero attached hydrogens (tertiary/aromatic N) is 1. The van der Waals surface area contributed by atoms with Crippen LogP contribution < -0.4 is 10.5 Å². The highest BCUT2D eigenvalue weighted by atomic mass is 16.5. The summed E-state index contributed by atoms with van der Waals surface area (Å²) in [7, 11) is 1.72. The van der Waals surface area contributed by atoms with Crippen molar-refractivity contribution in [2.45, 2.75) is 57.2 Å². The Labute approximate surface area is 122 Å². The fourth-order valence-electron chi connectivity index (χ4n) is 4.08. The molecule has 0 aliphatic heterocycles. The zero-order chi connectivity index (χ0) is 14.1. The summed E-state index contributed by atoms with van der Waals surface area (Å²) in [5, 5.41) is 0. The van der Waals surface area contributed by atoms with Crippen LogP contribution in [0, 0.1) is 0 Å². The van der Waals surface area contributed by atoms with Crippen LogP contribution in [0.25, 0.3) is 0 Å². The molecule has 2 aliphatic rings. The average molecular weight is 274 g/mol. The smallest absolute Gasteiger partial charge is 0.119 e. The van der Waals surface area contributed by atoms with Crippen molar-refractivity contribution in [3.63, 3.8) is 0 Å². The van der Waals surface area contributed by atoms with Crippen LogP contribution in [0.3, 0.4) is 0 Å². The summed E-state index contributed by atoms with van der Waals surface area (Å²) in [5.74, 6) is 0.920. The van der Waals surface area contributed by atoms with E-state index in [0.29, 0.717) is 6.04 Å². The third-order valence-electron chi connectivity index (χ3n) is 5.14. The number of methoxy groups -OCH3 is 1. The van der Waals surface area contributed by atoms with Crippen molar-refractivity contribution in [1.29, 1.82) is 0 Å². The first-order chi connectivity index (χ1) is 9.74. The van der Waals surface area contributed by atoms with Gasteiger partial charge in [0.1, 0.15) is 5.75 Å². The Bertz CT molecular complexity index is 468. The Hall–Kier alpha value is -1.06. The van der Waals surface area contributed by atoms with Gasteiger partial charge in [0, 0.05) is 18.1 Å². The lowest BCUT2D eigenvalue weighted by Gasteiger charge is -2.35. The van der Waals surface area contributed by atoms with E-state index in [0.717, 1.165) is 24.8 Å². The fourth-order valence-corrected chi connectivity index (χ4v) is 4.08. The van der Waals surface area contributed by atoms with Gasteiger partial charge in [-0.2, -0.15) is 0 Å². The predicted molar refractivity (Wildman–Crippen MR) is 82.1 cm³/mol. The summed E-state index contributed by atoms with van der Waals surface area (Å²) in [6, 6.07) is 7.71.